The number of thioether (sulfide) groups is 1. The number of amidine groups is 1. The van der Waals surface area contributed by atoms with Crippen LogP contribution in [0, 0.1) is 19.8 Å². The van der Waals surface area contributed by atoms with Crippen LogP contribution in [0.3, 0.4) is 0 Å². The summed E-state index contributed by atoms with van der Waals surface area (Å²) >= 11 is 1.91. The Morgan fingerprint density at radius 1 is 1.32 bits per heavy atom. The Hall–Kier alpha value is -0.960. The summed E-state index contributed by atoms with van der Waals surface area (Å²) in [4.78, 5) is 4.66. The lowest BCUT2D eigenvalue weighted by Crippen LogP contribution is -2.17. The predicted molar refractivity (Wildman–Crippen MR) is 87.3 cm³/mol. The molecule has 0 saturated heterocycles. The van der Waals surface area contributed by atoms with Gasteiger partial charge in [-0.15, -0.1) is 0 Å². The van der Waals surface area contributed by atoms with Crippen molar-refractivity contribution < 1.29 is 0 Å². The first kappa shape index (κ1) is 14.4. The second-order valence-electron chi connectivity index (χ2n) is 5.32. The fraction of sp³-hybridized carbons (Fsp3) is 0.562. The van der Waals surface area contributed by atoms with E-state index in [1.165, 1.54) is 29.7 Å². The second-order valence-corrected chi connectivity index (χ2v) is 6.55. The van der Waals surface area contributed by atoms with Gasteiger partial charge in [0.25, 0.3) is 0 Å². The Morgan fingerprint density at radius 3 is 2.68 bits per heavy atom. The maximum atomic E-state index is 4.66. The Bertz CT molecular complexity index is 464. The maximum absolute atomic E-state index is 4.66. The molecule has 0 aliphatic carbocycles. The molecule has 0 radical (unpaired) electrons. The minimum absolute atomic E-state index is 0.656. The van der Waals surface area contributed by atoms with Gasteiger partial charge in [0.15, 0.2) is 5.17 Å². The largest absolute Gasteiger partial charge is 0.335 e. The van der Waals surface area contributed by atoms with Gasteiger partial charge in [0, 0.05) is 10.9 Å². The van der Waals surface area contributed by atoms with E-state index < -0.39 is 0 Å². The molecule has 3 heteroatoms. The van der Waals surface area contributed by atoms with Crippen LogP contribution in [0.25, 0.3) is 0 Å². The lowest BCUT2D eigenvalue weighted by molar-refractivity contribution is 0.479. The highest BCUT2D eigenvalue weighted by Gasteiger charge is 2.26. The van der Waals surface area contributed by atoms with E-state index in [2.05, 4.69) is 56.2 Å². The summed E-state index contributed by atoms with van der Waals surface area (Å²) in [6.07, 6.45) is 2.50. The summed E-state index contributed by atoms with van der Waals surface area (Å²) in [7, 11) is 0. The third kappa shape index (κ3) is 3.53. The smallest absolute Gasteiger partial charge is 0.161 e. The molecule has 1 N–H and O–H groups in total. The molecular weight excluding hydrogens is 252 g/mol. The van der Waals surface area contributed by atoms with E-state index in [1.807, 2.05) is 11.8 Å². The van der Waals surface area contributed by atoms with Crippen molar-refractivity contribution in [2.24, 2.45) is 10.9 Å². The van der Waals surface area contributed by atoms with Crippen molar-refractivity contribution >= 4 is 22.6 Å². The Balaban J connectivity index is 1.98. The highest BCUT2D eigenvalue weighted by atomic mass is 32.2. The van der Waals surface area contributed by atoms with Gasteiger partial charge in [-0.3, -0.25) is 4.99 Å². The Morgan fingerprint density at radius 2 is 2.05 bits per heavy atom. The van der Waals surface area contributed by atoms with E-state index in [0.717, 1.165) is 17.6 Å². The van der Waals surface area contributed by atoms with Crippen molar-refractivity contribution in [2.75, 3.05) is 11.9 Å². The van der Waals surface area contributed by atoms with Crippen molar-refractivity contribution in [3.63, 3.8) is 0 Å². The summed E-state index contributed by atoms with van der Waals surface area (Å²) in [6, 6.07) is 6.51. The van der Waals surface area contributed by atoms with Crippen molar-refractivity contribution in [1.82, 2.24) is 0 Å². The first-order valence-corrected chi connectivity index (χ1v) is 8.07. The van der Waals surface area contributed by atoms with Gasteiger partial charge in [-0.05, 0) is 31.4 Å². The SMILES string of the molecule is CCC(CC)C1CN=C(Nc2ccc(C)cc2C)S1. The van der Waals surface area contributed by atoms with Crippen molar-refractivity contribution in [3.05, 3.63) is 29.3 Å². The summed E-state index contributed by atoms with van der Waals surface area (Å²) in [5.41, 5.74) is 3.77. The molecule has 1 unspecified atom stereocenters. The fourth-order valence-electron chi connectivity index (χ4n) is 2.59. The molecule has 0 fully saturated rings. The molecule has 2 rings (SSSR count). The van der Waals surface area contributed by atoms with Gasteiger partial charge in [0.05, 0.1) is 6.54 Å². The van der Waals surface area contributed by atoms with Gasteiger partial charge in [0.1, 0.15) is 0 Å². The minimum Gasteiger partial charge on any atom is -0.335 e. The summed E-state index contributed by atoms with van der Waals surface area (Å²) in [5, 5.41) is 5.23. The number of rotatable bonds is 4. The number of benzene rings is 1. The quantitative estimate of drug-likeness (QED) is 0.867. The van der Waals surface area contributed by atoms with E-state index in [9.17, 15) is 0 Å². The van der Waals surface area contributed by atoms with Gasteiger partial charge in [-0.25, -0.2) is 0 Å². The number of hydrogen-bond acceptors (Lipinski definition) is 3. The Labute approximate surface area is 121 Å². The maximum Gasteiger partial charge on any atom is 0.161 e. The summed E-state index contributed by atoms with van der Waals surface area (Å²) in [6.45, 7) is 9.80. The molecule has 0 spiro atoms. The number of anilines is 1. The topological polar surface area (TPSA) is 24.4 Å². The van der Waals surface area contributed by atoms with E-state index >= 15 is 0 Å². The standard InChI is InChI=1S/C16H24N2S/c1-5-13(6-2)15-10-17-16(19-15)18-14-8-7-11(3)9-12(14)4/h7-9,13,15H,5-6,10H2,1-4H3,(H,17,18). The zero-order valence-electron chi connectivity index (χ0n) is 12.4. The molecule has 2 nitrogen and oxygen atoms in total. The van der Waals surface area contributed by atoms with Gasteiger partial charge in [-0.2, -0.15) is 0 Å². The fourth-order valence-corrected chi connectivity index (χ4v) is 3.92. The van der Waals surface area contributed by atoms with Crippen LogP contribution in [-0.2, 0) is 0 Å². The first-order valence-electron chi connectivity index (χ1n) is 7.19. The molecule has 1 atom stereocenters. The van der Waals surface area contributed by atoms with Crippen LogP contribution >= 0.6 is 11.8 Å². The highest BCUT2D eigenvalue weighted by Crippen LogP contribution is 2.32. The molecule has 1 aromatic carbocycles. The third-order valence-electron chi connectivity index (χ3n) is 3.88. The molecule has 1 aliphatic rings. The zero-order valence-corrected chi connectivity index (χ0v) is 13.2. The molecule has 0 saturated carbocycles. The Kier molecular flexibility index (Phi) is 4.92. The molecule has 104 valence electrons. The number of nitrogens with zero attached hydrogens (tertiary/aromatic N) is 1. The molecule has 0 bridgehead atoms. The van der Waals surface area contributed by atoms with E-state index in [1.54, 1.807) is 0 Å². The van der Waals surface area contributed by atoms with E-state index in [0.29, 0.717) is 5.25 Å². The van der Waals surface area contributed by atoms with Crippen molar-refractivity contribution in [3.8, 4) is 0 Å². The number of nitrogens with one attached hydrogen (secondary N) is 1. The third-order valence-corrected chi connectivity index (χ3v) is 5.17. The van der Waals surface area contributed by atoms with E-state index in [-0.39, 0.29) is 0 Å². The van der Waals surface area contributed by atoms with Gasteiger partial charge in [-0.1, -0.05) is 56.1 Å². The monoisotopic (exact) mass is 276 g/mol. The first-order chi connectivity index (χ1) is 9.13. The van der Waals surface area contributed by atoms with Crippen LogP contribution in [0.5, 0.6) is 0 Å². The van der Waals surface area contributed by atoms with Gasteiger partial charge < -0.3 is 5.32 Å². The minimum atomic E-state index is 0.656. The summed E-state index contributed by atoms with van der Waals surface area (Å²) in [5.74, 6) is 0.784. The van der Waals surface area contributed by atoms with E-state index in [4.69, 9.17) is 0 Å². The average molecular weight is 276 g/mol. The van der Waals surface area contributed by atoms with Crippen molar-refractivity contribution in [1.29, 1.82) is 0 Å². The van der Waals surface area contributed by atoms with Gasteiger partial charge >= 0.3 is 0 Å². The molecule has 1 heterocycles. The average Bonchev–Trinajstić information content (AvgIpc) is 2.83. The lowest BCUT2D eigenvalue weighted by Gasteiger charge is -2.18. The predicted octanol–water partition coefficient (Wildman–Crippen LogP) is 4.62. The van der Waals surface area contributed by atoms with Crippen LogP contribution in [-0.4, -0.2) is 17.0 Å². The molecule has 19 heavy (non-hydrogen) atoms. The van der Waals surface area contributed by atoms with Crippen LogP contribution in [0.15, 0.2) is 23.2 Å². The second kappa shape index (κ2) is 6.47. The molecule has 0 amide bonds. The molecule has 1 aliphatic heterocycles. The number of aliphatic imine (C=N–C) groups is 1. The summed E-state index contributed by atoms with van der Waals surface area (Å²) < 4.78 is 0. The molecule has 1 aromatic rings. The van der Waals surface area contributed by atoms with Crippen molar-refractivity contribution in [2.45, 2.75) is 45.8 Å². The van der Waals surface area contributed by atoms with Gasteiger partial charge in [0.2, 0.25) is 0 Å². The molecular formula is C16H24N2S. The highest BCUT2D eigenvalue weighted by molar-refractivity contribution is 8.15. The zero-order chi connectivity index (χ0) is 13.8. The van der Waals surface area contributed by atoms with Crippen LogP contribution in [0.2, 0.25) is 0 Å². The van der Waals surface area contributed by atoms with Crippen LogP contribution in [0.4, 0.5) is 5.69 Å². The number of aryl methyl sites for hydroxylation is 2. The van der Waals surface area contributed by atoms with Crippen LogP contribution in [0.1, 0.15) is 37.8 Å². The normalized spacial score (nSPS) is 18.8. The lowest BCUT2D eigenvalue weighted by atomic mass is 9.99. The number of hydrogen-bond donors (Lipinski definition) is 1. The molecule has 0 aromatic heterocycles. The van der Waals surface area contributed by atoms with Crippen LogP contribution < -0.4 is 5.32 Å².